The Bertz CT molecular complexity index is 1210. The number of carbonyl (C=O) groups is 2. The second-order valence-electron chi connectivity index (χ2n) is 6.42. The summed E-state index contributed by atoms with van der Waals surface area (Å²) < 4.78 is 8.30. The molecule has 0 radical (unpaired) electrons. The predicted molar refractivity (Wildman–Crippen MR) is 110 cm³/mol. The van der Waals surface area contributed by atoms with Crippen LogP contribution in [0.4, 0.5) is 5.69 Å². The number of rotatable bonds is 4. The maximum Gasteiger partial charge on any atom is 0.291 e. The number of nitrogens with one attached hydrogen (secondary N) is 1. The molecule has 0 atom stereocenters. The predicted octanol–water partition coefficient (Wildman–Crippen LogP) is 4.72. The number of ketones is 1. The van der Waals surface area contributed by atoms with Gasteiger partial charge >= 0.3 is 0 Å². The fourth-order valence-electron chi connectivity index (χ4n) is 3.02. The second-order valence-corrected chi connectivity index (χ2v) is 7.33. The topological polar surface area (TPSA) is 77.1 Å². The van der Waals surface area contributed by atoms with E-state index >= 15 is 0 Å². The van der Waals surface area contributed by atoms with Gasteiger partial charge in [0.15, 0.2) is 11.6 Å². The molecule has 0 saturated carbocycles. The number of imidazole rings is 1. The fourth-order valence-corrected chi connectivity index (χ4v) is 3.38. The maximum atomic E-state index is 12.6. The number of furan rings is 1. The molecule has 0 saturated heterocycles. The minimum Gasteiger partial charge on any atom is -0.451 e. The van der Waals surface area contributed by atoms with E-state index in [9.17, 15) is 9.59 Å². The lowest BCUT2D eigenvalue weighted by molar-refractivity contribution is 0.0996. The van der Waals surface area contributed by atoms with E-state index in [4.69, 9.17) is 4.42 Å². The molecule has 0 aliphatic rings. The van der Waals surface area contributed by atoms with Crippen molar-refractivity contribution in [2.75, 3.05) is 5.32 Å². The van der Waals surface area contributed by atoms with Crippen molar-refractivity contribution >= 4 is 44.3 Å². The Hall–Kier alpha value is -3.19. The van der Waals surface area contributed by atoms with Crippen LogP contribution in [0.2, 0.25) is 0 Å². The van der Waals surface area contributed by atoms with Gasteiger partial charge in [-0.3, -0.25) is 9.59 Å². The maximum absolute atomic E-state index is 12.6. The average Bonchev–Trinajstić information content (AvgIpc) is 3.25. The van der Waals surface area contributed by atoms with Crippen molar-refractivity contribution < 1.29 is 14.0 Å². The zero-order valence-electron chi connectivity index (χ0n) is 15.2. The van der Waals surface area contributed by atoms with Crippen LogP contribution in [0.25, 0.3) is 11.0 Å². The van der Waals surface area contributed by atoms with Crippen LogP contribution >= 0.6 is 15.9 Å². The smallest absolute Gasteiger partial charge is 0.291 e. The summed E-state index contributed by atoms with van der Waals surface area (Å²) in [6.45, 7) is 1.85. The van der Waals surface area contributed by atoms with Crippen LogP contribution in [0.1, 0.15) is 32.3 Å². The Balaban J connectivity index is 1.55. The summed E-state index contributed by atoms with van der Waals surface area (Å²) in [6.07, 6.45) is 3.30. The summed E-state index contributed by atoms with van der Waals surface area (Å²) in [7, 11) is 1.77. The van der Waals surface area contributed by atoms with Gasteiger partial charge in [-0.05, 0) is 49.4 Å². The molecule has 1 amide bonds. The highest BCUT2D eigenvalue weighted by Gasteiger charge is 2.18. The van der Waals surface area contributed by atoms with Gasteiger partial charge in [-0.25, -0.2) is 4.98 Å². The number of fused-ring (bicyclic) bond motifs is 1. The lowest BCUT2D eigenvalue weighted by atomic mass is 10.1. The molecule has 0 fully saturated rings. The van der Waals surface area contributed by atoms with E-state index in [1.165, 1.54) is 0 Å². The first kappa shape index (κ1) is 18.2. The average molecular weight is 438 g/mol. The molecule has 28 heavy (non-hydrogen) atoms. The van der Waals surface area contributed by atoms with Crippen LogP contribution in [-0.2, 0) is 7.05 Å². The fraction of sp³-hybridized carbons (Fsp3) is 0.0952. The largest absolute Gasteiger partial charge is 0.451 e. The summed E-state index contributed by atoms with van der Waals surface area (Å²) in [4.78, 5) is 29.2. The monoisotopic (exact) mass is 437 g/mol. The third-order valence-electron chi connectivity index (χ3n) is 4.53. The van der Waals surface area contributed by atoms with Gasteiger partial charge in [0, 0.05) is 46.1 Å². The van der Waals surface area contributed by atoms with Crippen molar-refractivity contribution in [1.29, 1.82) is 0 Å². The van der Waals surface area contributed by atoms with Crippen molar-refractivity contribution in [1.82, 2.24) is 9.55 Å². The van der Waals surface area contributed by atoms with Crippen LogP contribution in [0, 0.1) is 6.92 Å². The Kier molecular flexibility index (Phi) is 4.60. The van der Waals surface area contributed by atoms with Gasteiger partial charge in [-0.15, -0.1) is 0 Å². The molecule has 1 N–H and O–H groups in total. The number of halogens is 1. The Labute approximate surface area is 169 Å². The third kappa shape index (κ3) is 3.25. The van der Waals surface area contributed by atoms with E-state index in [2.05, 4.69) is 26.2 Å². The molecular weight excluding hydrogens is 422 g/mol. The van der Waals surface area contributed by atoms with Crippen molar-refractivity contribution in [2.45, 2.75) is 6.92 Å². The highest BCUT2D eigenvalue weighted by Crippen LogP contribution is 2.28. The van der Waals surface area contributed by atoms with Gasteiger partial charge in [0.2, 0.25) is 5.78 Å². The highest BCUT2D eigenvalue weighted by molar-refractivity contribution is 9.10. The molecule has 6 nitrogen and oxygen atoms in total. The first-order chi connectivity index (χ1) is 13.4. The van der Waals surface area contributed by atoms with Gasteiger partial charge in [0.25, 0.3) is 5.91 Å². The van der Waals surface area contributed by atoms with E-state index < -0.39 is 0 Å². The first-order valence-corrected chi connectivity index (χ1v) is 9.35. The summed E-state index contributed by atoms with van der Waals surface area (Å²) in [6, 6.07) is 12.3. The molecule has 0 spiro atoms. The van der Waals surface area contributed by atoms with Crippen molar-refractivity contribution in [2.24, 2.45) is 7.05 Å². The number of benzene rings is 2. The second kappa shape index (κ2) is 7.09. The number of hydrogen-bond acceptors (Lipinski definition) is 4. The minimum absolute atomic E-state index is 0.177. The Morgan fingerprint density at radius 1 is 1.14 bits per heavy atom. The van der Waals surface area contributed by atoms with E-state index in [1.54, 1.807) is 48.3 Å². The number of aromatic nitrogens is 2. The SMILES string of the molecule is Cc1c(C(=O)Nc2ccc(C(=O)c3nccn3C)cc2)oc2ccc(Br)cc12. The molecule has 2 aromatic heterocycles. The first-order valence-electron chi connectivity index (χ1n) is 8.56. The van der Waals surface area contributed by atoms with Crippen LogP contribution in [-0.4, -0.2) is 21.2 Å². The van der Waals surface area contributed by atoms with E-state index in [0.29, 0.717) is 22.7 Å². The normalized spacial score (nSPS) is 11.0. The summed E-state index contributed by atoms with van der Waals surface area (Å²) in [5, 5.41) is 3.70. The van der Waals surface area contributed by atoms with Crippen LogP contribution < -0.4 is 5.32 Å². The summed E-state index contributed by atoms with van der Waals surface area (Å²) in [5.74, 6) is 0.110. The molecule has 0 bridgehead atoms. The molecule has 2 aromatic carbocycles. The van der Waals surface area contributed by atoms with Crippen molar-refractivity contribution in [3.05, 3.63) is 82.0 Å². The lowest BCUT2D eigenvalue weighted by Crippen LogP contribution is -2.13. The van der Waals surface area contributed by atoms with Crippen LogP contribution in [0.5, 0.6) is 0 Å². The Morgan fingerprint density at radius 2 is 1.89 bits per heavy atom. The van der Waals surface area contributed by atoms with E-state index in [-0.39, 0.29) is 17.5 Å². The standard InChI is InChI=1S/C21H16BrN3O3/c1-12-16-11-14(22)5-8-17(16)28-19(12)21(27)24-15-6-3-13(4-7-15)18(26)20-23-9-10-25(20)2/h3-11H,1-2H3,(H,24,27). The lowest BCUT2D eigenvalue weighted by Gasteiger charge is -2.06. The quantitative estimate of drug-likeness (QED) is 0.468. The zero-order chi connectivity index (χ0) is 19.8. The van der Waals surface area contributed by atoms with Crippen LogP contribution in [0.3, 0.4) is 0 Å². The van der Waals surface area contributed by atoms with Crippen LogP contribution in [0.15, 0.2) is 63.7 Å². The molecule has 0 aliphatic carbocycles. The molecular formula is C21H16BrN3O3. The Morgan fingerprint density at radius 3 is 2.57 bits per heavy atom. The number of anilines is 1. The molecule has 4 aromatic rings. The van der Waals surface area contributed by atoms with E-state index in [0.717, 1.165) is 15.4 Å². The number of carbonyl (C=O) groups excluding carboxylic acids is 2. The summed E-state index contributed by atoms with van der Waals surface area (Å²) >= 11 is 3.43. The molecule has 2 heterocycles. The van der Waals surface area contributed by atoms with E-state index in [1.807, 2.05) is 25.1 Å². The molecule has 0 unspecified atom stereocenters. The minimum atomic E-state index is -0.340. The molecule has 7 heteroatoms. The molecule has 4 rings (SSSR count). The molecule has 0 aliphatic heterocycles. The van der Waals surface area contributed by atoms with Gasteiger partial charge in [0.1, 0.15) is 5.58 Å². The van der Waals surface area contributed by atoms with Crippen molar-refractivity contribution in [3.63, 3.8) is 0 Å². The van der Waals surface area contributed by atoms with Gasteiger partial charge in [-0.2, -0.15) is 0 Å². The van der Waals surface area contributed by atoms with Gasteiger partial charge < -0.3 is 14.3 Å². The number of hydrogen-bond donors (Lipinski definition) is 1. The molecule has 140 valence electrons. The number of nitrogens with zero attached hydrogens (tertiary/aromatic N) is 2. The third-order valence-corrected chi connectivity index (χ3v) is 5.03. The number of amides is 1. The van der Waals surface area contributed by atoms with Gasteiger partial charge in [-0.1, -0.05) is 15.9 Å². The zero-order valence-corrected chi connectivity index (χ0v) is 16.8. The highest BCUT2D eigenvalue weighted by atomic mass is 79.9. The summed E-state index contributed by atoms with van der Waals surface area (Å²) in [5.41, 5.74) is 2.50. The number of aryl methyl sites for hydroxylation is 2. The van der Waals surface area contributed by atoms with Gasteiger partial charge in [0.05, 0.1) is 0 Å². The van der Waals surface area contributed by atoms with Crippen molar-refractivity contribution in [3.8, 4) is 0 Å².